The predicted octanol–water partition coefficient (Wildman–Crippen LogP) is 6.23. The van der Waals surface area contributed by atoms with Gasteiger partial charge < -0.3 is 14.7 Å². The molecule has 2 fully saturated rings. The average molecular weight is 533 g/mol. The smallest absolute Gasteiger partial charge is 0.230 e. The van der Waals surface area contributed by atoms with Gasteiger partial charge in [0.15, 0.2) is 5.82 Å². The van der Waals surface area contributed by atoms with Crippen molar-refractivity contribution in [2.75, 3.05) is 18.6 Å². The van der Waals surface area contributed by atoms with Gasteiger partial charge in [0.05, 0.1) is 13.2 Å². The van der Waals surface area contributed by atoms with E-state index >= 15 is 0 Å². The number of carbonyl (C=O) groups excluding carboxylic acids is 1. The van der Waals surface area contributed by atoms with Crippen molar-refractivity contribution in [1.29, 1.82) is 0 Å². The summed E-state index contributed by atoms with van der Waals surface area (Å²) in [5.41, 5.74) is 4.10. The Hall–Kier alpha value is -3.19. The number of nitrogens with zero attached hydrogens (tertiary/aromatic N) is 4. The van der Waals surface area contributed by atoms with E-state index in [-0.39, 0.29) is 17.9 Å². The number of anilines is 1. The highest BCUT2D eigenvalue weighted by atomic mass is 16.5. The van der Waals surface area contributed by atoms with Gasteiger partial charge in [0.2, 0.25) is 5.91 Å². The molecule has 0 spiro atoms. The van der Waals surface area contributed by atoms with Gasteiger partial charge in [-0.1, -0.05) is 30.4 Å². The van der Waals surface area contributed by atoms with Crippen LogP contribution in [0.15, 0.2) is 66.2 Å². The van der Waals surface area contributed by atoms with Gasteiger partial charge in [0.1, 0.15) is 12.1 Å². The Morgan fingerprint density at radius 2 is 1.79 bits per heavy atom. The first-order valence-corrected chi connectivity index (χ1v) is 14.3. The molecule has 1 aromatic carbocycles. The lowest BCUT2D eigenvalue weighted by Gasteiger charge is -2.36. The fraction of sp³-hybridized carbons (Fsp3) is 0.531. The van der Waals surface area contributed by atoms with Crippen molar-refractivity contribution < 1.29 is 14.6 Å². The molecular formula is C32H44N4O3. The highest BCUT2D eigenvalue weighted by molar-refractivity contribution is 5.95. The van der Waals surface area contributed by atoms with E-state index in [0.717, 1.165) is 66.7 Å². The van der Waals surface area contributed by atoms with Crippen molar-refractivity contribution in [3.05, 3.63) is 66.2 Å². The Labute approximate surface area is 233 Å². The molecule has 2 saturated carbocycles. The molecule has 1 aromatic heterocycles. The number of methoxy groups -OCH3 is 1. The zero-order chi connectivity index (χ0) is 27.9. The zero-order valence-corrected chi connectivity index (χ0v) is 24.0. The van der Waals surface area contributed by atoms with Crippen LogP contribution >= 0.6 is 0 Å². The van der Waals surface area contributed by atoms with E-state index in [0.29, 0.717) is 37.0 Å². The van der Waals surface area contributed by atoms with Gasteiger partial charge in [-0.25, -0.2) is 4.98 Å². The van der Waals surface area contributed by atoms with Crippen LogP contribution in [0.2, 0.25) is 0 Å². The van der Waals surface area contributed by atoms with Crippen molar-refractivity contribution in [2.24, 2.45) is 24.8 Å². The number of aromatic nitrogens is 3. The number of aliphatic hydroxyl groups excluding tert-OH is 1. The summed E-state index contributed by atoms with van der Waals surface area (Å²) >= 11 is 0. The van der Waals surface area contributed by atoms with Gasteiger partial charge >= 0.3 is 0 Å². The van der Waals surface area contributed by atoms with E-state index in [4.69, 9.17) is 4.74 Å². The van der Waals surface area contributed by atoms with Gasteiger partial charge in [0.25, 0.3) is 0 Å². The molecule has 0 atom stereocenters. The van der Waals surface area contributed by atoms with Crippen LogP contribution in [0.4, 0.5) is 5.69 Å². The van der Waals surface area contributed by atoms with Crippen LogP contribution in [0.5, 0.6) is 0 Å². The van der Waals surface area contributed by atoms with E-state index in [9.17, 15) is 9.90 Å². The minimum Gasteiger partial charge on any atom is -0.497 e. The second-order valence-corrected chi connectivity index (χ2v) is 11.4. The number of amides is 1. The molecule has 210 valence electrons. The van der Waals surface area contributed by atoms with Crippen molar-refractivity contribution in [3.8, 4) is 11.4 Å². The van der Waals surface area contributed by atoms with Crippen molar-refractivity contribution >= 4 is 11.6 Å². The molecule has 0 unspecified atom stereocenters. The summed E-state index contributed by atoms with van der Waals surface area (Å²) in [4.78, 5) is 20.3. The normalized spacial score (nSPS) is 23.4. The van der Waals surface area contributed by atoms with Crippen molar-refractivity contribution in [2.45, 2.75) is 71.3 Å². The largest absolute Gasteiger partial charge is 0.497 e. The first-order valence-electron chi connectivity index (χ1n) is 14.3. The number of hydrogen-bond donors (Lipinski definition) is 1. The van der Waals surface area contributed by atoms with Crippen LogP contribution in [0.3, 0.4) is 0 Å². The molecule has 0 bridgehead atoms. The molecule has 7 heteroatoms. The topological polar surface area (TPSA) is 80.5 Å². The zero-order valence-electron chi connectivity index (χ0n) is 24.0. The Balaban J connectivity index is 1.47. The minimum absolute atomic E-state index is 0.0451. The average Bonchev–Trinajstić information content (AvgIpc) is 3.38. The van der Waals surface area contributed by atoms with Gasteiger partial charge in [-0.2, -0.15) is 5.10 Å². The molecule has 39 heavy (non-hydrogen) atoms. The molecule has 1 amide bonds. The summed E-state index contributed by atoms with van der Waals surface area (Å²) in [7, 11) is 3.55. The summed E-state index contributed by atoms with van der Waals surface area (Å²) in [6.45, 7) is 9.14. The third-order valence-corrected chi connectivity index (χ3v) is 8.30. The first kappa shape index (κ1) is 28.8. The second-order valence-electron chi connectivity index (χ2n) is 11.4. The van der Waals surface area contributed by atoms with Gasteiger partial charge in [-0.3, -0.25) is 9.48 Å². The lowest BCUT2D eigenvalue weighted by atomic mass is 9.78. The maximum absolute atomic E-state index is 13.9. The van der Waals surface area contributed by atoms with Crippen molar-refractivity contribution in [1.82, 2.24) is 14.8 Å². The lowest BCUT2D eigenvalue weighted by Crippen LogP contribution is -2.42. The van der Waals surface area contributed by atoms with E-state index in [1.54, 1.807) is 18.1 Å². The molecule has 1 N–H and O–H groups in total. The molecular weight excluding hydrogens is 488 g/mol. The summed E-state index contributed by atoms with van der Waals surface area (Å²) in [6.07, 6.45) is 12.7. The number of aliphatic hydroxyl groups is 1. The maximum Gasteiger partial charge on any atom is 0.230 e. The van der Waals surface area contributed by atoms with Gasteiger partial charge in [-0.05, 0) is 101 Å². The highest BCUT2D eigenvalue weighted by Gasteiger charge is 2.32. The number of carbonyl (C=O) groups is 1. The van der Waals surface area contributed by atoms with Crippen LogP contribution < -0.4 is 4.90 Å². The molecule has 2 aliphatic carbocycles. The van der Waals surface area contributed by atoms with E-state index in [1.165, 1.54) is 0 Å². The predicted molar refractivity (Wildman–Crippen MR) is 156 cm³/mol. The van der Waals surface area contributed by atoms with Crippen LogP contribution in [0.25, 0.3) is 11.4 Å². The molecule has 4 rings (SSSR count). The maximum atomic E-state index is 13.9. The number of allylic oxidation sites excluding steroid dienone is 4. The number of benzene rings is 1. The second kappa shape index (κ2) is 13.2. The minimum atomic E-state index is -0.282. The Bertz CT molecular complexity index is 1190. The summed E-state index contributed by atoms with van der Waals surface area (Å²) < 4.78 is 7.15. The third-order valence-electron chi connectivity index (χ3n) is 8.30. The summed E-state index contributed by atoms with van der Waals surface area (Å²) in [6, 6.07) is 8.05. The molecule has 1 heterocycles. The lowest BCUT2D eigenvalue weighted by molar-refractivity contribution is -0.124. The van der Waals surface area contributed by atoms with Crippen molar-refractivity contribution in [3.63, 3.8) is 0 Å². The Kier molecular flexibility index (Phi) is 9.78. The molecule has 2 aliphatic rings. The monoisotopic (exact) mass is 532 g/mol. The molecule has 0 radical (unpaired) electrons. The number of ether oxygens (including phenoxy) is 1. The van der Waals surface area contributed by atoms with E-state index < -0.39 is 0 Å². The Morgan fingerprint density at radius 1 is 1.10 bits per heavy atom. The standard InChI is InChI=1S/C32H44N4O3/c1-22(2)30(39-5)18-9-23(3)25-12-10-24(11-13-25)20-36(32(38)26-14-16-29(37)17-15-26)28-8-6-7-27(19-28)31-33-21-35(4)34-31/h6-9,18-19,21,24-26,29,37H,3,10-17,20H2,1-2,4-5H3/b18-9-. The Morgan fingerprint density at radius 3 is 2.41 bits per heavy atom. The van der Waals surface area contributed by atoms with Crippen LogP contribution in [-0.2, 0) is 16.6 Å². The molecule has 0 saturated heterocycles. The molecule has 0 aliphatic heterocycles. The number of hydrogen-bond acceptors (Lipinski definition) is 5. The fourth-order valence-electron chi connectivity index (χ4n) is 5.88. The third kappa shape index (κ3) is 7.47. The SMILES string of the molecule is C=C(/C=C\C(OC)=C(C)C)C1CCC(CN(C(=O)C2CCC(O)CC2)c2cccc(-c3ncn(C)n3)c2)CC1. The van der Waals surface area contributed by atoms with Gasteiger partial charge in [-0.15, -0.1) is 0 Å². The van der Waals surface area contributed by atoms with Crippen LogP contribution in [-0.4, -0.2) is 45.5 Å². The summed E-state index contributed by atoms with van der Waals surface area (Å²) in [5.74, 6) is 2.56. The molecule has 7 nitrogen and oxygen atoms in total. The van der Waals surface area contributed by atoms with Crippen LogP contribution in [0, 0.1) is 17.8 Å². The van der Waals surface area contributed by atoms with Crippen LogP contribution in [0.1, 0.15) is 65.2 Å². The highest BCUT2D eigenvalue weighted by Crippen LogP contribution is 2.36. The number of rotatable bonds is 9. The van der Waals surface area contributed by atoms with Gasteiger partial charge in [0, 0.05) is 30.8 Å². The number of aryl methyl sites for hydroxylation is 1. The quantitative estimate of drug-likeness (QED) is 0.306. The summed E-state index contributed by atoms with van der Waals surface area (Å²) in [5, 5.41) is 14.5. The molecule has 2 aromatic rings. The fourth-order valence-corrected chi connectivity index (χ4v) is 5.88. The first-order chi connectivity index (χ1) is 18.7. The van der Waals surface area contributed by atoms with E-state index in [2.05, 4.69) is 22.7 Å². The van der Waals surface area contributed by atoms with E-state index in [1.807, 2.05) is 56.1 Å².